The molecule has 29 heavy (non-hydrogen) atoms. The van der Waals surface area contributed by atoms with E-state index in [4.69, 9.17) is 9.47 Å². The highest BCUT2D eigenvalue weighted by Gasteiger charge is 2.29. The van der Waals surface area contributed by atoms with Crippen LogP contribution in [0.2, 0.25) is 0 Å². The molecule has 0 unspecified atom stereocenters. The predicted molar refractivity (Wildman–Crippen MR) is 113 cm³/mol. The first kappa shape index (κ1) is 21.0. The molecule has 154 valence electrons. The predicted octanol–water partition coefficient (Wildman–Crippen LogP) is 1.83. The number of rotatable bonds is 7. The molecule has 2 aromatic carbocycles. The number of hydrogen-bond donors (Lipinski definition) is 2. The van der Waals surface area contributed by atoms with Gasteiger partial charge in [0.15, 0.2) is 12.6 Å². The van der Waals surface area contributed by atoms with Gasteiger partial charge in [-0.2, -0.15) is 5.10 Å². The van der Waals surface area contributed by atoms with Crippen molar-refractivity contribution in [2.75, 3.05) is 32.9 Å². The van der Waals surface area contributed by atoms with Crippen molar-refractivity contribution >= 4 is 11.6 Å². The van der Waals surface area contributed by atoms with Gasteiger partial charge in [-0.25, -0.2) is 5.43 Å². The van der Waals surface area contributed by atoms with Crippen molar-refractivity contribution in [3.8, 4) is 5.75 Å². The Morgan fingerprint density at radius 2 is 1.90 bits per heavy atom. The van der Waals surface area contributed by atoms with Crippen LogP contribution in [0, 0.1) is 13.8 Å². The van der Waals surface area contributed by atoms with Gasteiger partial charge >= 0.3 is 0 Å². The lowest BCUT2D eigenvalue weighted by Crippen LogP contribution is -3.15. The Morgan fingerprint density at radius 1 is 1.17 bits per heavy atom. The van der Waals surface area contributed by atoms with Gasteiger partial charge in [0.05, 0.1) is 18.9 Å². The van der Waals surface area contributed by atoms with Gasteiger partial charge in [-0.3, -0.25) is 4.79 Å². The molecule has 0 saturated carbocycles. The lowest BCUT2D eigenvalue weighted by molar-refractivity contribution is -0.928. The number of hydrogen-bond acceptors (Lipinski definition) is 4. The fourth-order valence-electron chi connectivity index (χ4n) is 3.59. The lowest BCUT2D eigenvalue weighted by Gasteiger charge is -2.31. The van der Waals surface area contributed by atoms with Crippen LogP contribution >= 0.6 is 0 Å². The summed E-state index contributed by atoms with van der Waals surface area (Å²) in [7, 11) is 0. The molecule has 1 fully saturated rings. The van der Waals surface area contributed by atoms with Gasteiger partial charge in [0, 0.05) is 5.56 Å². The van der Waals surface area contributed by atoms with Gasteiger partial charge in [-0.1, -0.05) is 42.5 Å². The molecule has 1 aliphatic heterocycles. The van der Waals surface area contributed by atoms with Crippen molar-refractivity contribution in [1.82, 2.24) is 5.43 Å². The molecule has 2 aromatic rings. The first-order chi connectivity index (χ1) is 14.0. The second kappa shape index (κ2) is 10.2. The first-order valence-electron chi connectivity index (χ1n) is 10.0. The summed E-state index contributed by atoms with van der Waals surface area (Å²) < 4.78 is 11.2. The minimum atomic E-state index is -0.269. The molecule has 1 saturated heterocycles. The maximum absolute atomic E-state index is 12.3. The zero-order valence-electron chi connectivity index (χ0n) is 17.4. The molecule has 0 spiro atoms. The summed E-state index contributed by atoms with van der Waals surface area (Å²) in [6, 6.07) is 16.3. The topological polar surface area (TPSA) is 64.4 Å². The molecular weight excluding hydrogens is 366 g/mol. The van der Waals surface area contributed by atoms with Crippen molar-refractivity contribution in [2.24, 2.45) is 5.10 Å². The van der Waals surface area contributed by atoms with Crippen LogP contribution < -0.4 is 15.1 Å². The van der Waals surface area contributed by atoms with E-state index < -0.39 is 0 Å². The molecule has 1 aliphatic rings. The Morgan fingerprint density at radius 3 is 2.62 bits per heavy atom. The minimum Gasteiger partial charge on any atom is -0.483 e. The standard InChI is InChI=1S/C23H29N3O3/c1-17-9-10-18(2)21(15-17)29-16-22(27)25-24-19(3)23(20-7-5-4-6-8-20)26-11-13-28-14-12-26/h4-10,15,23H,11-14,16H2,1-3H3,(H,25,27)/p+1/b24-19-/t23-/m0/s1. The third-order valence-corrected chi connectivity index (χ3v) is 5.15. The van der Waals surface area contributed by atoms with Crippen molar-refractivity contribution in [3.63, 3.8) is 0 Å². The van der Waals surface area contributed by atoms with E-state index in [-0.39, 0.29) is 18.6 Å². The van der Waals surface area contributed by atoms with E-state index >= 15 is 0 Å². The molecule has 6 nitrogen and oxygen atoms in total. The van der Waals surface area contributed by atoms with E-state index in [0.29, 0.717) is 0 Å². The second-order valence-electron chi connectivity index (χ2n) is 7.46. The van der Waals surface area contributed by atoms with Crippen LogP contribution in [0.25, 0.3) is 0 Å². The van der Waals surface area contributed by atoms with Crippen LogP contribution in [0.4, 0.5) is 0 Å². The summed E-state index contributed by atoms with van der Waals surface area (Å²) in [4.78, 5) is 13.7. The summed E-state index contributed by atoms with van der Waals surface area (Å²) >= 11 is 0. The summed E-state index contributed by atoms with van der Waals surface area (Å²) in [5, 5.41) is 4.40. The second-order valence-corrected chi connectivity index (χ2v) is 7.46. The van der Waals surface area contributed by atoms with E-state index in [0.717, 1.165) is 48.9 Å². The molecule has 1 atom stereocenters. The monoisotopic (exact) mass is 396 g/mol. The zero-order valence-corrected chi connectivity index (χ0v) is 17.4. The highest BCUT2D eigenvalue weighted by molar-refractivity contribution is 5.88. The number of quaternary nitrogens is 1. The van der Waals surface area contributed by atoms with Gasteiger partial charge in [0.2, 0.25) is 0 Å². The summed E-state index contributed by atoms with van der Waals surface area (Å²) in [6.07, 6.45) is 0. The fraction of sp³-hybridized carbons (Fsp3) is 0.391. The third-order valence-electron chi connectivity index (χ3n) is 5.15. The Kier molecular flexibility index (Phi) is 7.38. The maximum atomic E-state index is 12.3. The first-order valence-corrected chi connectivity index (χ1v) is 10.0. The number of carbonyl (C=O) groups excluding carboxylic acids is 1. The number of carbonyl (C=O) groups is 1. The Bertz CT molecular complexity index is 846. The summed E-state index contributed by atoms with van der Waals surface area (Å²) in [5.74, 6) is 0.454. The van der Waals surface area contributed by atoms with E-state index in [1.165, 1.54) is 10.5 Å². The van der Waals surface area contributed by atoms with Crippen LogP contribution in [0.1, 0.15) is 29.7 Å². The zero-order chi connectivity index (χ0) is 20.6. The molecule has 1 amide bonds. The Balaban J connectivity index is 1.65. The van der Waals surface area contributed by atoms with Gasteiger partial charge in [0.25, 0.3) is 5.91 Å². The molecule has 3 rings (SSSR count). The highest BCUT2D eigenvalue weighted by Crippen LogP contribution is 2.18. The number of hydrazone groups is 1. The maximum Gasteiger partial charge on any atom is 0.277 e. The number of morpholine rings is 1. The van der Waals surface area contributed by atoms with Gasteiger partial charge < -0.3 is 14.4 Å². The minimum absolute atomic E-state index is 0.0680. The molecule has 6 heteroatoms. The van der Waals surface area contributed by atoms with E-state index in [2.05, 4.69) is 22.7 Å². The SMILES string of the molecule is C/C(=N/NC(=O)COc1cc(C)ccc1C)[C@@H](c1ccccc1)[NH+]1CCOCC1. The highest BCUT2D eigenvalue weighted by atomic mass is 16.5. The molecule has 0 radical (unpaired) electrons. The quantitative estimate of drug-likeness (QED) is 0.554. The molecule has 0 bridgehead atoms. The number of aryl methyl sites for hydroxylation is 2. The fourth-order valence-corrected chi connectivity index (χ4v) is 3.59. The van der Waals surface area contributed by atoms with E-state index in [1.54, 1.807) is 0 Å². The van der Waals surface area contributed by atoms with E-state index in [9.17, 15) is 4.79 Å². The van der Waals surface area contributed by atoms with Gasteiger partial charge in [0.1, 0.15) is 18.8 Å². The van der Waals surface area contributed by atoms with Crippen LogP contribution in [0.15, 0.2) is 53.6 Å². The molecule has 2 N–H and O–H groups in total. The summed E-state index contributed by atoms with van der Waals surface area (Å²) in [6.45, 7) is 9.16. The smallest absolute Gasteiger partial charge is 0.277 e. The largest absolute Gasteiger partial charge is 0.483 e. The Labute approximate surface area is 172 Å². The molecule has 0 aromatic heterocycles. The van der Waals surface area contributed by atoms with Crippen molar-refractivity contribution in [1.29, 1.82) is 0 Å². The summed E-state index contributed by atoms with van der Waals surface area (Å²) in [5.41, 5.74) is 6.81. The average molecular weight is 397 g/mol. The van der Waals surface area contributed by atoms with Gasteiger partial charge in [-0.05, 0) is 38.0 Å². The van der Waals surface area contributed by atoms with Crippen molar-refractivity contribution < 1.29 is 19.2 Å². The average Bonchev–Trinajstić information content (AvgIpc) is 2.74. The van der Waals surface area contributed by atoms with Crippen molar-refractivity contribution in [3.05, 3.63) is 65.2 Å². The number of nitrogens with zero attached hydrogens (tertiary/aromatic N) is 1. The molecule has 1 heterocycles. The normalized spacial score (nSPS) is 16.3. The molecule has 0 aliphatic carbocycles. The number of benzene rings is 2. The van der Waals surface area contributed by atoms with E-state index in [1.807, 2.05) is 57.2 Å². The number of ether oxygens (including phenoxy) is 2. The van der Waals surface area contributed by atoms with Crippen molar-refractivity contribution in [2.45, 2.75) is 26.8 Å². The molecular formula is C23H30N3O3+. The Hall–Kier alpha value is -2.70. The third kappa shape index (κ3) is 5.89. The van der Waals surface area contributed by atoms with Gasteiger partial charge in [-0.15, -0.1) is 0 Å². The lowest BCUT2D eigenvalue weighted by atomic mass is 10.0. The number of amides is 1. The number of nitrogens with one attached hydrogen (secondary N) is 2. The van der Waals surface area contributed by atoms with Crippen LogP contribution in [-0.2, 0) is 9.53 Å². The van der Waals surface area contributed by atoms with Crippen LogP contribution in [0.3, 0.4) is 0 Å². The van der Waals surface area contributed by atoms with Crippen LogP contribution in [-0.4, -0.2) is 44.5 Å². The van der Waals surface area contributed by atoms with Crippen LogP contribution in [0.5, 0.6) is 5.75 Å².